The van der Waals surface area contributed by atoms with E-state index in [4.69, 9.17) is 16.3 Å². The first-order valence-corrected chi connectivity index (χ1v) is 5.33. The largest absolute Gasteiger partial charge is 0.490 e. The predicted octanol–water partition coefficient (Wildman–Crippen LogP) is 2.65. The highest BCUT2D eigenvalue weighted by Gasteiger charge is 2.05. The third-order valence-corrected chi connectivity index (χ3v) is 2.04. The van der Waals surface area contributed by atoms with E-state index in [1.807, 2.05) is 6.08 Å². The van der Waals surface area contributed by atoms with Gasteiger partial charge in [-0.2, -0.15) is 0 Å². The van der Waals surface area contributed by atoms with Crippen LogP contribution in [0.5, 0.6) is 5.75 Å². The Morgan fingerprint density at radius 3 is 2.94 bits per heavy atom. The van der Waals surface area contributed by atoms with Crippen LogP contribution in [0.25, 0.3) is 0 Å². The molecule has 1 aromatic carbocycles. The average Bonchev–Trinajstić information content (AvgIpc) is 2.34. The van der Waals surface area contributed by atoms with Crippen LogP contribution in [-0.4, -0.2) is 25.6 Å². The zero-order chi connectivity index (χ0) is 11.8. The van der Waals surface area contributed by atoms with Gasteiger partial charge in [-0.3, -0.25) is 0 Å². The Bertz CT molecular complexity index is 374. The highest BCUT2D eigenvalue weighted by atomic mass is 35.5. The molecule has 0 amide bonds. The van der Waals surface area contributed by atoms with Gasteiger partial charge < -0.3 is 9.47 Å². The van der Waals surface area contributed by atoms with Gasteiger partial charge in [0.25, 0.3) is 0 Å². The van der Waals surface area contributed by atoms with Crippen LogP contribution >= 0.6 is 11.6 Å². The molecule has 0 N–H and O–H groups in total. The van der Waals surface area contributed by atoms with Crippen molar-refractivity contribution in [2.24, 2.45) is 0 Å². The number of halogens is 1. The standard InChI is InChI=1S/C12H13ClO3/c1-15-12(14)10-5-4-6-11(9-10)16-8-3-2-7-13/h2-6,9H,7-8H2,1H3. The first kappa shape index (κ1) is 12.6. The molecule has 16 heavy (non-hydrogen) atoms. The number of esters is 1. The third kappa shape index (κ3) is 3.95. The van der Waals surface area contributed by atoms with Gasteiger partial charge in [0.2, 0.25) is 0 Å². The number of hydrogen-bond donors (Lipinski definition) is 0. The molecular weight excluding hydrogens is 228 g/mol. The lowest BCUT2D eigenvalue weighted by molar-refractivity contribution is 0.0600. The molecule has 0 saturated heterocycles. The minimum absolute atomic E-state index is 0.373. The van der Waals surface area contributed by atoms with Gasteiger partial charge in [-0.1, -0.05) is 18.2 Å². The van der Waals surface area contributed by atoms with Gasteiger partial charge in [0.1, 0.15) is 12.4 Å². The zero-order valence-corrected chi connectivity index (χ0v) is 9.74. The van der Waals surface area contributed by atoms with E-state index in [1.165, 1.54) is 7.11 Å². The smallest absolute Gasteiger partial charge is 0.337 e. The fourth-order valence-corrected chi connectivity index (χ4v) is 1.23. The fourth-order valence-electron chi connectivity index (χ4n) is 1.11. The van der Waals surface area contributed by atoms with Crippen molar-refractivity contribution in [1.29, 1.82) is 0 Å². The van der Waals surface area contributed by atoms with E-state index < -0.39 is 0 Å². The van der Waals surface area contributed by atoms with E-state index in [2.05, 4.69) is 4.74 Å². The molecule has 0 aromatic heterocycles. The summed E-state index contributed by atoms with van der Waals surface area (Å²) < 4.78 is 10.00. The number of methoxy groups -OCH3 is 1. The molecule has 0 heterocycles. The first-order chi connectivity index (χ1) is 7.77. The van der Waals surface area contributed by atoms with Crippen LogP contribution in [0.3, 0.4) is 0 Å². The number of carbonyl (C=O) groups excluding carboxylic acids is 1. The molecule has 0 aliphatic carbocycles. The van der Waals surface area contributed by atoms with Crippen molar-refractivity contribution in [2.45, 2.75) is 0 Å². The van der Waals surface area contributed by atoms with E-state index in [1.54, 1.807) is 30.3 Å². The second-order valence-electron chi connectivity index (χ2n) is 2.96. The van der Waals surface area contributed by atoms with Gasteiger partial charge in [0, 0.05) is 5.88 Å². The number of carbonyl (C=O) groups is 1. The molecule has 0 spiro atoms. The first-order valence-electron chi connectivity index (χ1n) is 4.80. The molecule has 0 fully saturated rings. The van der Waals surface area contributed by atoms with Crippen LogP contribution < -0.4 is 4.74 Å². The summed E-state index contributed by atoms with van der Waals surface area (Å²) in [7, 11) is 1.35. The minimum Gasteiger partial charge on any atom is -0.490 e. The van der Waals surface area contributed by atoms with Crippen LogP contribution in [0.15, 0.2) is 36.4 Å². The molecule has 3 nitrogen and oxygen atoms in total. The number of rotatable bonds is 5. The van der Waals surface area contributed by atoms with Crippen molar-refractivity contribution < 1.29 is 14.3 Å². The molecule has 0 aliphatic heterocycles. The maximum atomic E-state index is 11.2. The second-order valence-corrected chi connectivity index (χ2v) is 3.26. The Morgan fingerprint density at radius 1 is 1.44 bits per heavy atom. The second kappa shape index (κ2) is 6.90. The van der Waals surface area contributed by atoms with E-state index in [0.717, 1.165) is 0 Å². The lowest BCUT2D eigenvalue weighted by Crippen LogP contribution is -2.02. The number of ether oxygens (including phenoxy) is 2. The Labute approximate surface area is 99.6 Å². The Balaban J connectivity index is 2.60. The molecule has 0 aliphatic rings. The van der Waals surface area contributed by atoms with Gasteiger partial charge in [-0.15, -0.1) is 11.6 Å². The lowest BCUT2D eigenvalue weighted by Gasteiger charge is -2.04. The highest BCUT2D eigenvalue weighted by Crippen LogP contribution is 2.13. The van der Waals surface area contributed by atoms with Crippen molar-refractivity contribution in [3.8, 4) is 5.75 Å². The Hall–Kier alpha value is -1.48. The summed E-state index contributed by atoms with van der Waals surface area (Å²) in [5.74, 6) is 0.717. The molecule has 0 atom stereocenters. The Morgan fingerprint density at radius 2 is 2.25 bits per heavy atom. The van der Waals surface area contributed by atoms with E-state index in [9.17, 15) is 4.79 Å². The molecule has 0 saturated carbocycles. The number of allylic oxidation sites excluding steroid dienone is 1. The van der Waals surface area contributed by atoms with Crippen molar-refractivity contribution in [2.75, 3.05) is 19.6 Å². The average molecular weight is 241 g/mol. The molecule has 0 unspecified atom stereocenters. The minimum atomic E-state index is -0.373. The van der Waals surface area contributed by atoms with Crippen LogP contribution in [-0.2, 0) is 4.74 Å². The summed E-state index contributed by atoms with van der Waals surface area (Å²) in [6.45, 7) is 0.428. The van der Waals surface area contributed by atoms with Gasteiger partial charge in [-0.25, -0.2) is 4.79 Å². The summed E-state index contributed by atoms with van der Waals surface area (Å²) in [5.41, 5.74) is 0.473. The zero-order valence-electron chi connectivity index (χ0n) is 8.98. The quantitative estimate of drug-likeness (QED) is 0.451. The van der Waals surface area contributed by atoms with Crippen molar-refractivity contribution in [3.05, 3.63) is 42.0 Å². The third-order valence-electron chi connectivity index (χ3n) is 1.86. The topological polar surface area (TPSA) is 35.5 Å². The molecular formula is C12H13ClO3. The molecule has 86 valence electrons. The van der Waals surface area contributed by atoms with Gasteiger partial charge in [-0.05, 0) is 18.2 Å². The molecule has 4 heteroatoms. The highest BCUT2D eigenvalue weighted by molar-refractivity contribution is 6.18. The summed E-state index contributed by atoms with van der Waals surface area (Å²) >= 11 is 5.47. The van der Waals surface area contributed by atoms with Gasteiger partial charge in [0.05, 0.1) is 12.7 Å². The molecule has 0 radical (unpaired) electrons. The summed E-state index contributed by atoms with van der Waals surface area (Å²) in [5, 5.41) is 0. The fraction of sp³-hybridized carbons (Fsp3) is 0.250. The van der Waals surface area contributed by atoms with Gasteiger partial charge in [0.15, 0.2) is 0 Å². The summed E-state index contributed by atoms with van der Waals surface area (Å²) in [4.78, 5) is 11.2. The van der Waals surface area contributed by atoms with Crippen molar-refractivity contribution >= 4 is 17.6 Å². The molecule has 1 rings (SSSR count). The van der Waals surface area contributed by atoms with Crippen LogP contribution in [0.2, 0.25) is 0 Å². The van der Waals surface area contributed by atoms with E-state index in [-0.39, 0.29) is 5.97 Å². The summed E-state index contributed by atoms with van der Waals surface area (Å²) in [6, 6.07) is 6.83. The summed E-state index contributed by atoms with van der Waals surface area (Å²) in [6.07, 6.45) is 3.61. The monoisotopic (exact) mass is 240 g/mol. The number of alkyl halides is 1. The Kier molecular flexibility index (Phi) is 5.43. The molecule has 1 aromatic rings. The lowest BCUT2D eigenvalue weighted by atomic mass is 10.2. The van der Waals surface area contributed by atoms with Gasteiger partial charge >= 0.3 is 5.97 Å². The predicted molar refractivity (Wildman–Crippen MR) is 63.1 cm³/mol. The maximum absolute atomic E-state index is 11.2. The molecule has 0 bridgehead atoms. The van der Waals surface area contributed by atoms with Crippen molar-refractivity contribution in [1.82, 2.24) is 0 Å². The normalized spacial score (nSPS) is 10.4. The maximum Gasteiger partial charge on any atom is 0.337 e. The SMILES string of the molecule is COC(=O)c1cccc(OCC=CCCl)c1. The van der Waals surface area contributed by atoms with Crippen molar-refractivity contribution in [3.63, 3.8) is 0 Å². The van der Waals surface area contributed by atoms with E-state index in [0.29, 0.717) is 23.8 Å². The van der Waals surface area contributed by atoms with Crippen LogP contribution in [0.4, 0.5) is 0 Å². The number of hydrogen-bond acceptors (Lipinski definition) is 3. The van der Waals surface area contributed by atoms with Crippen LogP contribution in [0.1, 0.15) is 10.4 Å². The van der Waals surface area contributed by atoms with E-state index >= 15 is 0 Å². The number of benzene rings is 1. The van der Waals surface area contributed by atoms with Crippen LogP contribution in [0, 0.1) is 0 Å².